The summed E-state index contributed by atoms with van der Waals surface area (Å²) in [5.74, 6) is 0.318. The van der Waals surface area contributed by atoms with E-state index in [1.165, 1.54) is 5.57 Å². The number of aromatic hydroxyl groups is 1. The molecule has 0 amide bonds. The van der Waals surface area contributed by atoms with Crippen molar-refractivity contribution in [3.63, 3.8) is 0 Å². The van der Waals surface area contributed by atoms with Crippen LogP contribution >= 0.6 is 24.0 Å². The maximum Gasteiger partial charge on any atom is 0.358 e. The van der Waals surface area contributed by atoms with E-state index >= 15 is 0 Å². The van der Waals surface area contributed by atoms with Crippen LogP contribution in [0.2, 0.25) is 43.8 Å². The molecule has 57 heavy (non-hydrogen) atoms. The molecule has 6 atom stereocenters. The monoisotopic (exact) mass is 857 g/mol. The Balaban J connectivity index is 1.56. The molecule has 0 radical (unpaired) electrons. The topological polar surface area (TPSA) is 97.7 Å². The molecule has 1 aromatic carbocycles. The average Bonchev–Trinajstić information content (AvgIpc) is 3.45. The third-order valence-electron chi connectivity index (χ3n) is 12.5. The van der Waals surface area contributed by atoms with Gasteiger partial charge in [0.2, 0.25) is 0 Å². The van der Waals surface area contributed by atoms with Gasteiger partial charge in [0, 0.05) is 36.7 Å². The van der Waals surface area contributed by atoms with Gasteiger partial charge in [0.15, 0.2) is 8.32 Å². The highest BCUT2D eigenvalue weighted by Crippen LogP contribution is 2.60. The van der Waals surface area contributed by atoms with E-state index in [1.54, 1.807) is 16.7 Å². The number of benzene rings is 1. The van der Waals surface area contributed by atoms with Crippen LogP contribution in [-0.2, 0) is 25.1 Å². The van der Waals surface area contributed by atoms with Crippen molar-refractivity contribution < 1.29 is 33.6 Å². The van der Waals surface area contributed by atoms with Gasteiger partial charge in [-0.15, -0.1) is 0 Å². The number of phenols is 1. The average molecular weight is 858 g/mol. The van der Waals surface area contributed by atoms with Crippen LogP contribution in [0.25, 0.3) is 0 Å². The fourth-order valence-electron chi connectivity index (χ4n) is 7.61. The summed E-state index contributed by atoms with van der Waals surface area (Å²) in [6, 6.07) is 4.71. The predicted molar refractivity (Wildman–Crippen MR) is 245 cm³/mol. The first-order valence-corrected chi connectivity index (χ1v) is 28.7. The molecular weight excluding hydrogens is 787 g/mol. The van der Waals surface area contributed by atoms with Gasteiger partial charge in [0.05, 0.1) is 23.5 Å². The van der Waals surface area contributed by atoms with Gasteiger partial charge in [0.1, 0.15) is 30.0 Å². The van der Waals surface area contributed by atoms with Crippen LogP contribution in [0.15, 0.2) is 58.7 Å². The summed E-state index contributed by atoms with van der Waals surface area (Å²) in [6.45, 7) is 33.0. The first-order chi connectivity index (χ1) is 26.4. The molecule has 1 aromatic rings. The minimum Gasteiger partial charge on any atom is -0.507 e. The van der Waals surface area contributed by atoms with E-state index in [1.807, 2.05) is 38.1 Å². The highest BCUT2D eigenvalue weighted by Gasteiger charge is 2.66. The van der Waals surface area contributed by atoms with Gasteiger partial charge in [-0.3, -0.25) is 0 Å². The number of thioether (sulfide) groups is 1. The second-order valence-electron chi connectivity index (χ2n) is 19.4. The number of aryl methyl sites for hydroxylation is 1. The lowest BCUT2D eigenvalue weighted by atomic mass is 9.73. The minimum absolute atomic E-state index is 0.00893. The summed E-state index contributed by atoms with van der Waals surface area (Å²) < 4.78 is 24.9. The highest BCUT2D eigenvalue weighted by atomic mass is 32.2. The van der Waals surface area contributed by atoms with E-state index in [0.717, 1.165) is 55.7 Å². The number of thiocarbonyl (C=S) groups is 1. The van der Waals surface area contributed by atoms with Gasteiger partial charge in [-0.2, -0.15) is 0 Å². The van der Waals surface area contributed by atoms with Crippen molar-refractivity contribution >= 4 is 51.6 Å². The highest BCUT2D eigenvalue weighted by molar-refractivity contribution is 8.04. The maximum atomic E-state index is 13.8. The van der Waals surface area contributed by atoms with Gasteiger partial charge >= 0.3 is 11.2 Å². The number of fused-ring (bicyclic) bond motifs is 1. The molecule has 12 heteroatoms. The van der Waals surface area contributed by atoms with E-state index in [2.05, 4.69) is 86.9 Å². The molecule has 318 valence electrons. The number of esters is 1. The molecule has 0 spiro atoms. The second kappa shape index (κ2) is 18.9. The first-order valence-electron chi connectivity index (χ1n) is 20.8. The van der Waals surface area contributed by atoms with E-state index in [4.69, 9.17) is 30.9 Å². The zero-order valence-electron chi connectivity index (χ0n) is 37.0. The summed E-state index contributed by atoms with van der Waals surface area (Å²) in [4.78, 5) is 16.3. The molecule has 2 heterocycles. The number of hydrogen-bond acceptors (Lipinski definition) is 10. The number of hydrogen-bond donors (Lipinski definition) is 2. The Morgan fingerprint density at radius 3 is 2.47 bits per heavy atom. The number of nitrogens with zero attached hydrogens (tertiary/aromatic N) is 1. The van der Waals surface area contributed by atoms with Crippen LogP contribution in [0.1, 0.15) is 105 Å². The predicted octanol–water partition coefficient (Wildman–Crippen LogP) is 11.6. The Morgan fingerprint density at radius 2 is 1.86 bits per heavy atom. The van der Waals surface area contributed by atoms with Gasteiger partial charge in [-0.05, 0) is 113 Å². The Kier molecular flexibility index (Phi) is 15.7. The van der Waals surface area contributed by atoms with E-state index in [-0.39, 0.29) is 45.9 Å². The second-order valence-corrected chi connectivity index (χ2v) is 31.2. The maximum absolute atomic E-state index is 13.8. The molecule has 0 aromatic heterocycles. The van der Waals surface area contributed by atoms with Crippen LogP contribution < -0.4 is 4.74 Å². The number of phenolic OH excluding ortho intramolecular Hbond substituents is 1. The lowest BCUT2D eigenvalue weighted by molar-refractivity contribution is -0.218. The van der Waals surface area contributed by atoms with E-state index in [9.17, 15) is 15.0 Å². The third kappa shape index (κ3) is 11.1. The summed E-state index contributed by atoms with van der Waals surface area (Å²) in [7, 11) is -3.59. The SMILES string of the molecule is C=C(C)[C@@H]1CCC(C)=C[C@H]1c1c(O)cc(CCCCC)cc1OC(=S)OC/C=C/C1=C(C(=O)OCC[Si](C)(C)C)N2C(O)[C@](C)([C@@H](C)O[Si](C)(C)C(C)(C)C)[C@H]2S1. The van der Waals surface area contributed by atoms with Crippen LogP contribution in [0.5, 0.6) is 11.5 Å². The van der Waals surface area contributed by atoms with Gasteiger partial charge < -0.3 is 33.7 Å². The van der Waals surface area contributed by atoms with Crippen molar-refractivity contribution in [1.29, 1.82) is 0 Å². The van der Waals surface area contributed by atoms with Crippen LogP contribution in [0.4, 0.5) is 0 Å². The Labute approximate surface area is 355 Å². The van der Waals surface area contributed by atoms with Crippen LogP contribution in [-0.4, -0.2) is 73.6 Å². The molecule has 0 saturated carbocycles. The summed E-state index contributed by atoms with van der Waals surface area (Å²) in [6.07, 6.45) is 10.7. The van der Waals surface area contributed by atoms with E-state index in [0.29, 0.717) is 28.5 Å². The van der Waals surface area contributed by atoms with Crippen molar-refractivity contribution in [2.24, 2.45) is 11.3 Å². The molecule has 0 bridgehead atoms. The Morgan fingerprint density at radius 1 is 1.18 bits per heavy atom. The molecule has 4 rings (SSSR count). The normalized spacial score (nSPS) is 24.5. The van der Waals surface area contributed by atoms with Gasteiger partial charge in [0.25, 0.3) is 0 Å². The molecular formula is C45H71NO7S2Si2. The molecule has 2 N–H and O–H groups in total. The minimum atomic E-state index is -2.15. The molecule has 3 aliphatic rings. The number of aliphatic hydroxyl groups excluding tert-OH is 1. The van der Waals surface area contributed by atoms with E-state index < -0.39 is 34.0 Å². The zero-order valence-corrected chi connectivity index (χ0v) is 40.7. The number of unbranched alkanes of at least 4 members (excludes halogenated alkanes) is 2. The first kappa shape index (κ1) is 47.3. The Hall–Kier alpha value is -2.36. The quantitative estimate of drug-likeness (QED) is 0.0518. The van der Waals surface area contributed by atoms with Crippen LogP contribution in [0.3, 0.4) is 0 Å². The summed E-state index contributed by atoms with van der Waals surface area (Å²) in [5, 5.41) is 23.0. The Bertz CT molecular complexity index is 1740. The zero-order chi connectivity index (χ0) is 42.7. The lowest BCUT2D eigenvalue weighted by Gasteiger charge is -2.61. The van der Waals surface area contributed by atoms with Gasteiger partial charge in [-0.1, -0.05) is 95.7 Å². The number of ether oxygens (including phenoxy) is 3. The number of aliphatic hydroxyl groups is 1. The van der Waals surface area contributed by atoms with Crippen molar-refractivity contribution in [3.05, 3.63) is 69.8 Å². The largest absolute Gasteiger partial charge is 0.507 e. The molecule has 1 aliphatic carbocycles. The van der Waals surface area contributed by atoms with Crippen LogP contribution in [0, 0.1) is 11.3 Å². The number of allylic oxidation sites excluding steroid dienone is 4. The van der Waals surface area contributed by atoms with Crippen molar-refractivity contribution in [3.8, 4) is 11.5 Å². The van der Waals surface area contributed by atoms with Crippen molar-refractivity contribution in [2.75, 3.05) is 13.2 Å². The van der Waals surface area contributed by atoms with Crippen molar-refractivity contribution in [1.82, 2.24) is 4.90 Å². The summed E-state index contributed by atoms with van der Waals surface area (Å²) >= 11 is 7.19. The molecule has 1 fully saturated rings. The molecule has 1 unspecified atom stereocenters. The summed E-state index contributed by atoms with van der Waals surface area (Å²) in [5.41, 5.74) is 3.76. The van der Waals surface area contributed by atoms with Gasteiger partial charge in [-0.25, -0.2) is 4.79 Å². The third-order valence-corrected chi connectivity index (χ3v) is 20.5. The van der Waals surface area contributed by atoms with Crippen molar-refractivity contribution in [2.45, 2.75) is 161 Å². The molecule has 8 nitrogen and oxygen atoms in total. The fraction of sp³-hybridized carbons (Fsp3) is 0.644. The lowest BCUT2D eigenvalue weighted by Crippen LogP contribution is -2.72. The smallest absolute Gasteiger partial charge is 0.358 e. The number of carbonyl (C=O) groups is 1. The number of carbonyl (C=O) groups excluding carboxylic acids is 1. The fourth-order valence-corrected chi connectivity index (χ4v) is 11.6. The molecule has 1 saturated heterocycles. The standard InChI is InChI=1S/C45H71NO7S2Si2/c1-15-16-17-19-32-27-35(47)38(34-26-30(4)21-22-33(34)29(2)3)36(28-32)52-43(54)51-23-18-20-37-39(40(48)50-24-25-56(10,11)12)46-41(49)45(9,42(46)55-37)31(5)53-57(13,14)44(6,7)8/h18,20,26-28,31,33-34,41-42,47,49H,2,15-17,19,21-25H2,1,3-14H3/b20-18+/t31-,33+,34-,41?,42-,45+/m1/s1. The number of rotatable bonds is 17. The molecule has 2 aliphatic heterocycles.